The smallest absolute Gasteiger partial charge is 0.196 e. The Kier molecular flexibility index (Phi) is 3.76. The Hall–Kier alpha value is -2.48. The molecule has 0 N–H and O–H groups in total. The Labute approximate surface area is 132 Å². The second-order valence-corrected chi connectivity index (χ2v) is 5.82. The second kappa shape index (κ2) is 5.72. The van der Waals surface area contributed by atoms with E-state index in [9.17, 15) is 0 Å². The number of hydrogen-bond donors (Lipinski definition) is 0. The molecule has 0 saturated heterocycles. The molecule has 2 heteroatoms. The fourth-order valence-corrected chi connectivity index (χ4v) is 3.10. The minimum Gasteiger partial charge on any atom is -0.196 e. The van der Waals surface area contributed by atoms with Crippen LogP contribution in [0.1, 0.15) is 11.1 Å². The Morgan fingerprint density at radius 2 is 1.23 bits per heavy atom. The van der Waals surface area contributed by atoms with Gasteiger partial charge in [0.1, 0.15) is 14.1 Å². The fourth-order valence-electron chi connectivity index (χ4n) is 3.10. The minimum atomic E-state index is 1.21. The number of pyridine rings is 2. The fraction of sp³-hybridized carbons (Fsp3) is 0.200. The standard InChI is InChI=1S/C20H22N2/c1-15-9-7-10-16(2)20(15)19-13-8-12-18(22(19)4)17-11-5-6-14-21(17)3/h5-14H,1-4H3/q+2. The molecule has 2 heterocycles. The van der Waals surface area contributed by atoms with Crippen LogP contribution < -0.4 is 9.13 Å². The van der Waals surface area contributed by atoms with Gasteiger partial charge in [0, 0.05) is 24.3 Å². The SMILES string of the molecule is Cc1cccc(C)c1-c1cccc(-c2cccc[n+]2C)[n+]1C. The Morgan fingerprint density at radius 3 is 1.91 bits per heavy atom. The summed E-state index contributed by atoms with van der Waals surface area (Å²) in [5, 5.41) is 0. The van der Waals surface area contributed by atoms with Crippen LogP contribution in [-0.4, -0.2) is 0 Å². The Bertz CT molecular complexity index is 815. The lowest BCUT2D eigenvalue weighted by molar-refractivity contribution is -0.685. The van der Waals surface area contributed by atoms with Crippen molar-refractivity contribution in [2.75, 3.05) is 0 Å². The highest BCUT2D eigenvalue weighted by Gasteiger charge is 2.23. The van der Waals surface area contributed by atoms with Crippen molar-refractivity contribution in [3.05, 3.63) is 71.9 Å². The molecule has 22 heavy (non-hydrogen) atoms. The van der Waals surface area contributed by atoms with Gasteiger partial charge in [-0.1, -0.05) is 18.2 Å². The summed E-state index contributed by atoms with van der Waals surface area (Å²) >= 11 is 0. The van der Waals surface area contributed by atoms with Gasteiger partial charge in [0.05, 0.1) is 5.56 Å². The maximum Gasteiger partial charge on any atom is 0.277 e. The average molecular weight is 290 g/mol. The average Bonchev–Trinajstić information content (AvgIpc) is 2.50. The molecule has 0 aliphatic carbocycles. The molecule has 2 aromatic heterocycles. The van der Waals surface area contributed by atoms with Gasteiger partial charge in [0.2, 0.25) is 5.69 Å². The summed E-state index contributed by atoms with van der Waals surface area (Å²) in [7, 11) is 4.23. The van der Waals surface area contributed by atoms with Crippen molar-refractivity contribution in [3.8, 4) is 22.6 Å². The van der Waals surface area contributed by atoms with E-state index in [0.29, 0.717) is 0 Å². The highest BCUT2D eigenvalue weighted by atomic mass is 15.0. The number of benzene rings is 1. The predicted molar refractivity (Wildman–Crippen MR) is 89.1 cm³/mol. The van der Waals surface area contributed by atoms with Gasteiger partial charge in [-0.15, -0.1) is 0 Å². The maximum atomic E-state index is 2.28. The molecule has 3 rings (SSSR count). The van der Waals surface area contributed by atoms with Gasteiger partial charge in [-0.2, -0.15) is 9.13 Å². The van der Waals surface area contributed by atoms with E-state index >= 15 is 0 Å². The molecule has 0 radical (unpaired) electrons. The minimum absolute atomic E-state index is 1.21. The predicted octanol–water partition coefficient (Wildman–Crippen LogP) is 3.29. The van der Waals surface area contributed by atoms with Crippen LogP contribution in [-0.2, 0) is 14.1 Å². The summed E-state index contributed by atoms with van der Waals surface area (Å²) in [6, 6.07) is 19.3. The monoisotopic (exact) mass is 290 g/mol. The molecule has 0 saturated carbocycles. The van der Waals surface area contributed by atoms with E-state index < -0.39 is 0 Å². The zero-order valence-corrected chi connectivity index (χ0v) is 13.7. The summed E-state index contributed by atoms with van der Waals surface area (Å²) in [6.07, 6.45) is 2.08. The van der Waals surface area contributed by atoms with Crippen molar-refractivity contribution in [1.29, 1.82) is 0 Å². The Balaban J connectivity index is 2.25. The van der Waals surface area contributed by atoms with Crippen LogP contribution in [0.2, 0.25) is 0 Å². The van der Waals surface area contributed by atoms with Gasteiger partial charge in [0.25, 0.3) is 11.4 Å². The van der Waals surface area contributed by atoms with Crippen LogP contribution in [0.15, 0.2) is 60.8 Å². The highest BCUT2D eigenvalue weighted by molar-refractivity contribution is 5.66. The summed E-state index contributed by atoms with van der Waals surface area (Å²) < 4.78 is 4.44. The maximum absolute atomic E-state index is 2.28. The van der Waals surface area contributed by atoms with Gasteiger partial charge in [-0.25, -0.2) is 0 Å². The molecule has 0 amide bonds. The van der Waals surface area contributed by atoms with E-state index in [2.05, 4.69) is 97.9 Å². The van der Waals surface area contributed by atoms with Crippen LogP contribution in [0, 0.1) is 13.8 Å². The molecule has 1 aromatic carbocycles. The van der Waals surface area contributed by atoms with E-state index in [4.69, 9.17) is 0 Å². The molecule has 0 unspecified atom stereocenters. The highest BCUT2D eigenvalue weighted by Crippen LogP contribution is 2.25. The van der Waals surface area contributed by atoms with Crippen molar-refractivity contribution in [2.24, 2.45) is 14.1 Å². The van der Waals surface area contributed by atoms with Gasteiger partial charge < -0.3 is 0 Å². The molecule has 0 aliphatic heterocycles. The van der Waals surface area contributed by atoms with Crippen molar-refractivity contribution in [3.63, 3.8) is 0 Å². The van der Waals surface area contributed by atoms with Gasteiger partial charge in [-0.05, 0) is 37.1 Å². The molecule has 0 aliphatic rings. The lowest BCUT2D eigenvalue weighted by Crippen LogP contribution is -2.39. The first-order chi connectivity index (χ1) is 10.6. The van der Waals surface area contributed by atoms with Gasteiger partial charge >= 0.3 is 0 Å². The quantitative estimate of drug-likeness (QED) is 0.640. The van der Waals surface area contributed by atoms with E-state index in [-0.39, 0.29) is 0 Å². The third-order valence-electron chi connectivity index (χ3n) is 4.29. The van der Waals surface area contributed by atoms with Crippen molar-refractivity contribution in [2.45, 2.75) is 13.8 Å². The largest absolute Gasteiger partial charge is 0.277 e. The van der Waals surface area contributed by atoms with E-state index in [1.165, 1.54) is 33.8 Å². The summed E-state index contributed by atoms with van der Waals surface area (Å²) in [4.78, 5) is 0. The van der Waals surface area contributed by atoms with Crippen LogP contribution in [0.3, 0.4) is 0 Å². The topological polar surface area (TPSA) is 7.76 Å². The first-order valence-corrected chi connectivity index (χ1v) is 7.60. The second-order valence-electron chi connectivity index (χ2n) is 5.82. The molecular formula is C20H22N2+2. The molecule has 0 spiro atoms. The first-order valence-electron chi connectivity index (χ1n) is 7.60. The number of aromatic nitrogens is 2. The number of rotatable bonds is 2. The van der Waals surface area contributed by atoms with Crippen molar-refractivity contribution < 1.29 is 9.13 Å². The lowest BCUT2D eigenvalue weighted by Gasteiger charge is -2.09. The summed E-state index contributed by atoms with van der Waals surface area (Å²) in [5.41, 5.74) is 7.61. The molecule has 110 valence electrons. The van der Waals surface area contributed by atoms with Crippen LogP contribution in [0.4, 0.5) is 0 Å². The molecule has 0 fully saturated rings. The molecule has 0 bridgehead atoms. The zero-order valence-electron chi connectivity index (χ0n) is 13.7. The van der Waals surface area contributed by atoms with E-state index in [1.54, 1.807) is 0 Å². The third kappa shape index (κ3) is 2.41. The van der Waals surface area contributed by atoms with Crippen molar-refractivity contribution in [1.82, 2.24) is 0 Å². The number of aryl methyl sites for hydroxylation is 3. The number of hydrogen-bond acceptors (Lipinski definition) is 0. The number of nitrogens with zero attached hydrogens (tertiary/aromatic N) is 2. The zero-order chi connectivity index (χ0) is 15.7. The van der Waals surface area contributed by atoms with Gasteiger partial charge in [-0.3, -0.25) is 0 Å². The van der Waals surface area contributed by atoms with Crippen LogP contribution in [0.5, 0.6) is 0 Å². The van der Waals surface area contributed by atoms with E-state index in [0.717, 1.165) is 0 Å². The van der Waals surface area contributed by atoms with Crippen molar-refractivity contribution >= 4 is 0 Å². The van der Waals surface area contributed by atoms with Crippen LogP contribution >= 0.6 is 0 Å². The molecular weight excluding hydrogens is 268 g/mol. The third-order valence-corrected chi connectivity index (χ3v) is 4.29. The summed E-state index contributed by atoms with van der Waals surface area (Å²) in [6.45, 7) is 4.36. The molecule has 0 atom stereocenters. The van der Waals surface area contributed by atoms with E-state index in [1.807, 2.05) is 0 Å². The first kappa shape index (κ1) is 14.5. The van der Waals surface area contributed by atoms with Gasteiger partial charge in [0.15, 0.2) is 6.20 Å². The molecule has 2 nitrogen and oxygen atoms in total. The van der Waals surface area contributed by atoms with Crippen LogP contribution in [0.25, 0.3) is 22.6 Å². The normalized spacial score (nSPS) is 10.7. The Morgan fingerprint density at radius 1 is 0.636 bits per heavy atom. The molecule has 3 aromatic rings. The lowest BCUT2D eigenvalue weighted by atomic mass is 9.99. The summed E-state index contributed by atoms with van der Waals surface area (Å²) in [5.74, 6) is 0.